The maximum Gasteiger partial charge on any atom is 0.309 e. The quantitative estimate of drug-likeness (QED) is 0.135. The summed E-state index contributed by atoms with van der Waals surface area (Å²) in [5.41, 5.74) is 2.20. The molecule has 1 aromatic rings. The molecular weight excluding hydrogens is 508 g/mol. The molecule has 0 bridgehead atoms. The summed E-state index contributed by atoms with van der Waals surface area (Å²) in [4.78, 5) is 12.2. The number of carboxylic acid groups (broad SMARTS) is 1. The number of carboxylic acids is 1. The molecule has 2 N–H and O–H groups in total. The van der Waals surface area contributed by atoms with Crippen LogP contribution in [0.15, 0.2) is 12.1 Å². The molecule has 0 spiro atoms. The number of carbonyl (C=O) groups is 1. The topological polar surface area (TPSA) is 66.8 Å². The number of benzene rings is 1. The van der Waals surface area contributed by atoms with Crippen LogP contribution in [-0.4, -0.2) is 28.9 Å². The van der Waals surface area contributed by atoms with Crippen molar-refractivity contribution < 1.29 is 19.7 Å². The van der Waals surface area contributed by atoms with Crippen molar-refractivity contribution >= 4 is 5.97 Å². The third kappa shape index (κ3) is 15.5. The molecule has 0 aliphatic heterocycles. The Bertz CT molecular complexity index is 810. The zero-order valence-electron chi connectivity index (χ0n) is 28.2. The zero-order valence-corrected chi connectivity index (χ0v) is 28.2. The van der Waals surface area contributed by atoms with Gasteiger partial charge in [0.2, 0.25) is 0 Å². The smallest absolute Gasteiger partial charge is 0.309 e. The molecule has 1 rings (SSSR count). The molecule has 0 amide bonds. The van der Waals surface area contributed by atoms with Gasteiger partial charge in [-0.1, -0.05) is 157 Å². The molecule has 0 fully saturated rings. The molecule has 2 unspecified atom stereocenters. The van der Waals surface area contributed by atoms with E-state index in [1.807, 2.05) is 19.1 Å². The van der Waals surface area contributed by atoms with Gasteiger partial charge in [-0.3, -0.25) is 4.79 Å². The Morgan fingerprint density at radius 1 is 0.707 bits per heavy atom. The van der Waals surface area contributed by atoms with Crippen LogP contribution in [0.25, 0.3) is 0 Å². The first-order valence-corrected chi connectivity index (χ1v) is 17.0. The van der Waals surface area contributed by atoms with Gasteiger partial charge in [0.15, 0.2) is 0 Å². The predicted molar refractivity (Wildman–Crippen MR) is 175 cm³/mol. The monoisotopic (exact) mass is 574 g/mol. The molecule has 0 radical (unpaired) electrons. The Balaban J connectivity index is 2.35. The Labute approximate surface area is 254 Å². The first-order valence-electron chi connectivity index (χ1n) is 17.0. The minimum Gasteiger partial charge on any atom is -0.507 e. The van der Waals surface area contributed by atoms with E-state index in [1.54, 1.807) is 0 Å². The van der Waals surface area contributed by atoms with Gasteiger partial charge in [0.1, 0.15) is 5.75 Å². The minimum atomic E-state index is -0.827. The molecule has 238 valence electrons. The number of aliphatic carboxylic acids is 1. The van der Waals surface area contributed by atoms with Crippen molar-refractivity contribution in [1.82, 2.24) is 0 Å². The highest BCUT2D eigenvalue weighted by Crippen LogP contribution is 2.40. The van der Waals surface area contributed by atoms with Crippen LogP contribution in [0.2, 0.25) is 0 Å². The van der Waals surface area contributed by atoms with Gasteiger partial charge in [0, 0.05) is 6.61 Å². The van der Waals surface area contributed by atoms with E-state index in [4.69, 9.17) is 4.74 Å². The van der Waals surface area contributed by atoms with Crippen molar-refractivity contribution in [1.29, 1.82) is 0 Å². The Morgan fingerprint density at radius 2 is 1.07 bits per heavy atom. The molecule has 2 atom stereocenters. The van der Waals surface area contributed by atoms with Crippen molar-refractivity contribution in [2.75, 3.05) is 6.61 Å². The molecule has 4 heteroatoms. The Morgan fingerprint density at radius 3 is 1.41 bits per heavy atom. The fourth-order valence-corrected chi connectivity index (χ4v) is 5.70. The molecule has 41 heavy (non-hydrogen) atoms. The largest absolute Gasteiger partial charge is 0.507 e. The van der Waals surface area contributed by atoms with Crippen LogP contribution in [0.4, 0.5) is 0 Å². The maximum absolute atomic E-state index is 12.2. The number of hydrogen-bond acceptors (Lipinski definition) is 3. The molecule has 0 heterocycles. The zero-order chi connectivity index (χ0) is 30.9. The highest BCUT2D eigenvalue weighted by Gasteiger charge is 2.30. The van der Waals surface area contributed by atoms with Gasteiger partial charge < -0.3 is 14.9 Å². The summed E-state index contributed by atoms with van der Waals surface area (Å²) in [5, 5.41) is 21.0. The van der Waals surface area contributed by atoms with Gasteiger partial charge in [-0.2, -0.15) is 0 Å². The first-order chi connectivity index (χ1) is 19.3. The Hall–Kier alpha value is -1.55. The van der Waals surface area contributed by atoms with Gasteiger partial charge >= 0.3 is 5.97 Å². The van der Waals surface area contributed by atoms with Crippen LogP contribution in [-0.2, 0) is 26.8 Å². The molecule has 0 aromatic heterocycles. The third-order valence-corrected chi connectivity index (χ3v) is 8.50. The number of hydrogen-bond donors (Lipinski definition) is 2. The van der Waals surface area contributed by atoms with E-state index >= 15 is 0 Å². The van der Waals surface area contributed by atoms with Crippen molar-refractivity contribution in [2.45, 2.75) is 181 Å². The highest BCUT2D eigenvalue weighted by molar-refractivity contribution is 5.71. The molecule has 0 saturated carbocycles. The number of ether oxygens (including phenoxy) is 1. The third-order valence-electron chi connectivity index (χ3n) is 8.50. The van der Waals surface area contributed by atoms with E-state index in [9.17, 15) is 15.0 Å². The number of rotatable bonds is 22. The average Bonchev–Trinajstić information content (AvgIpc) is 2.88. The number of phenols is 1. The molecular formula is C37H66O4. The number of phenolic OH excluding ortho intramolecular Hbond substituents is 1. The molecule has 0 aliphatic rings. The van der Waals surface area contributed by atoms with Gasteiger partial charge in [-0.05, 0) is 47.3 Å². The SMILES string of the molecule is CCCCCCCCCCCCCCCCCCOC(C)C(Cc1cc(C(C)(C)C)c(O)c(C(C)(C)C)c1)C(=O)O. The van der Waals surface area contributed by atoms with Gasteiger partial charge in [0.25, 0.3) is 0 Å². The molecule has 4 nitrogen and oxygen atoms in total. The second-order valence-electron chi connectivity index (χ2n) is 14.6. The lowest BCUT2D eigenvalue weighted by atomic mass is 9.77. The standard InChI is InChI=1S/C37H66O4/c1-9-10-11-12-13-14-15-16-17-18-19-20-21-22-23-24-25-41-29(2)31(35(39)40)26-30-27-32(36(3,4)5)34(38)33(28-30)37(6,7)8/h27-29,31,38H,9-26H2,1-8H3,(H,39,40). The van der Waals surface area contributed by atoms with Crippen LogP contribution in [0, 0.1) is 5.92 Å². The summed E-state index contributed by atoms with van der Waals surface area (Å²) in [6, 6.07) is 3.98. The fraction of sp³-hybridized carbons (Fsp3) is 0.811. The van der Waals surface area contributed by atoms with Gasteiger partial charge in [0.05, 0.1) is 12.0 Å². The molecule has 1 aromatic carbocycles. The normalized spacial score (nSPS) is 13.9. The lowest BCUT2D eigenvalue weighted by molar-refractivity contribution is -0.147. The molecule has 0 aliphatic carbocycles. The minimum absolute atomic E-state index is 0.242. The van der Waals surface area contributed by atoms with E-state index < -0.39 is 11.9 Å². The van der Waals surface area contributed by atoms with Crippen molar-refractivity contribution in [3.8, 4) is 5.75 Å². The van der Waals surface area contributed by atoms with Crippen molar-refractivity contribution in [3.05, 3.63) is 28.8 Å². The van der Waals surface area contributed by atoms with Crippen molar-refractivity contribution in [3.63, 3.8) is 0 Å². The van der Waals surface area contributed by atoms with E-state index in [1.165, 1.54) is 89.9 Å². The maximum atomic E-state index is 12.2. The van der Waals surface area contributed by atoms with E-state index in [-0.39, 0.29) is 16.9 Å². The molecule has 0 saturated heterocycles. The second kappa shape index (κ2) is 19.6. The predicted octanol–water partition coefficient (Wildman–Crippen LogP) is 10.9. The summed E-state index contributed by atoms with van der Waals surface area (Å²) in [6.07, 6.45) is 21.4. The van der Waals surface area contributed by atoms with Crippen molar-refractivity contribution in [2.24, 2.45) is 5.92 Å². The summed E-state index contributed by atoms with van der Waals surface area (Å²) < 4.78 is 6.05. The lowest BCUT2D eigenvalue weighted by Crippen LogP contribution is -2.31. The first kappa shape index (κ1) is 37.5. The van der Waals surface area contributed by atoms with Gasteiger partial charge in [-0.15, -0.1) is 0 Å². The summed E-state index contributed by atoms with van der Waals surface area (Å²) >= 11 is 0. The van der Waals surface area contributed by atoms with Crippen LogP contribution in [0.1, 0.15) is 175 Å². The van der Waals surface area contributed by atoms with E-state index in [2.05, 4.69) is 48.5 Å². The summed E-state index contributed by atoms with van der Waals surface area (Å²) in [7, 11) is 0. The highest BCUT2D eigenvalue weighted by atomic mass is 16.5. The number of aromatic hydroxyl groups is 1. The van der Waals surface area contributed by atoms with Crippen LogP contribution in [0.3, 0.4) is 0 Å². The van der Waals surface area contributed by atoms with Crippen LogP contribution >= 0.6 is 0 Å². The fourth-order valence-electron chi connectivity index (χ4n) is 5.70. The Kier molecular flexibility index (Phi) is 17.9. The summed E-state index contributed by atoms with van der Waals surface area (Å²) in [5.74, 6) is -1.12. The van der Waals surface area contributed by atoms with E-state index in [0.717, 1.165) is 29.5 Å². The second-order valence-corrected chi connectivity index (χ2v) is 14.6. The summed E-state index contributed by atoms with van der Waals surface area (Å²) in [6.45, 7) is 17.3. The van der Waals surface area contributed by atoms with E-state index in [0.29, 0.717) is 18.8 Å². The number of unbranched alkanes of at least 4 members (excludes halogenated alkanes) is 15. The lowest BCUT2D eigenvalue weighted by Gasteiger charge is -2.29. The van der Waals surface area contributed by atoms with Crippen LogP contribution < -0.4 is 0 Å². The van der Waals surface area contributed by atoms with Gasteiger partial charge in [-0.25, -0.2) is 0 Å². The van der Waals surface area contributed by atoms with Crippen LogP contribution in [0.5, 0.6) is 5.75 Å². The average molecular weight is 575 g/mol.